The fraction of sp³-hybridized carbons (Fsp3) is 0.588. The molecule has 1 aromatic rings. The highest BCUT2D eigenvalue weighted by Crippen LogP contribution is 2.22. The predicted octanol–water partition coefficient (Wildman–Crippen LogP) is 2.89. The number of rotatable bonds is 4. The molecule has 5 heteroatoms. The SMILES string of the molecule is CCN1CC[C@@H](N(C)C(=O)Nc2ccc(OC)cc2)[C@H](C)C1. The summed E-state index contributed by atoms with van der Waals surface area (Å²) in [5.74, 6) is 1.27. The molecular formula is C17H27N3O2. The molecule has 0 aromatic heterocycles. The molecule has 0 saturated carbocycles. The van der Waals surface area contributed by atoms with Gasteiger partial charge < -0.3 is 19.9 Å². The number of hydrogen-bond donors (Lipinski definition) is 1. The summed E-state index contributed by atoms with van der Waals surface area (Å²) in [7, 11) is 3.52. The first-order valence-corrected chi connectivity index (χ1v) is 7.95. The van der Waals surface area contributed by atoms with E-state index in [2.05, 4.69) is 24.1 Å². The second-order valence-corrected chi connectivity index (χ2v) is 6.00. The standard InChI is InChI=1S/C17H27N3O2/c1-5-20-11-10-16(13(2)12-20)19(3)17(21)18-14-6-8-15(22-4)9-7-14/h6-9,13,16H,5,10-12H2,1-4H3,(H,18,21)/t13-,16-/m1/s1. The average molecular weight is 305 g/mol. The zero-order valence-electron chi connectivity index (χ0n) is 14.0. The average Bonchev–Trinajstić information content (AvgIpc) is 2.54. The molecule has 2 rings (SSSR count). The number of carbonyl (C=O) groups excluding carboxylic acids is 1. The molecule has 1 aliphatic heterocycles. The number of likely N-dealkylation sites (tertiary alicyclic amines) is 1. The second-order valence-electron chi connectivity index (χ2n) is 6.00. The summed E-state index contributed by atoms with van der Waals surface area (Å²) in [6.45, 7) is 7.61. The first-order valence-electron chi connectivity index (χ1n) is 7.95. The van der Waals surface area contributed by atoms with Crippen LogP contribution in [0.4, 0.5) is 10.5 Å². The predicted molar refractivity (Wildman–Crippen MR) is 89.5 cm³/mol. The van der Waals surface area contributed by atoms with Gasteiger partial charge in [-0.1, -0.05) is 13.8 Å². The first kappa shape index (κ1) is 16.6. The molecule has 22 heavy (non-hydrogen) atoms. The summed E-state index contributed by atoms with van der Waals surface area (Å²) in [4.78, 5) is 16.7. The number of hydrogen-bond acceptors (Lipinski definition) is 3. The van der Waals surface area contributed by atoms with E-state index in [1.807, 2.05) is 36.2 Å². The number of methoxy groups -OCH3 is 1. The third-order valence-corrected chi connectivity index (χ3v) is 4.55. The van der Waals surface area contributed by atoms with Crippen LogP contribution in [-0.4, -0.2) is 55.7 Å². The zero-order valence-corrected chi connectivity index (χ0v) is 14.0. The number of carbonyl (C=O) groups is 1. The third kappa shape index (κ3) is 3.91. The molecule has 122 valence electrons. The van der Waals surface area contributed by atoms with Gasteiger partial charge in [0.15, 0.2) is 0 Å². The Kier molecular flexibility index (Phi) is 5.66. The molecule has 1 fully saturated rings. The molecule has 5 nitrogen and oxygen atoms in total. The summed E-state index contributed by atoms with van der Waals surface area (Å²) in [5.41, 5.74) is 0.788. The summed E-state index contributed by atoms with van der Waals surface area (Å²) >= 11 is 0. The van der Waals surface area contributed by atoms with Gasteiger partial charge in [0.05, 0.1) is 7.11 Å². The summed E-state index contributed by atoms with van der Waals surface area (Å²) < 4.78 is 5.12. The van der Waals surface area contributed by atoms with Crippen LogP contribution >= 0.6 is 0 Å². The van der Waals surface area contributed by atoms with E-state index in [4.69, 9.17) is 4.74 Å². The normalized spacial score (nSPS) is 22.2. The quantitative estimate of drug-likeness (QED) is 0.930. The zero-order chi connectivity index (χ0) is 16.1. The fourth-order valence-corrected chi connectivity index (χ4v) is 3.12. The van der Waals surface area contributed by atoms with Gasteiger partial charge in [0.25, 0.3) is 0 Å². The highest BCUT2D eigenvalue weighted by molar-refractivity contribution is 5.89. The number of amides is 2. The van der Waals surface area contributed by atoms with Gasteiger partial charge in [-0.2, -0.15) is 0 Å². The highest BCUT2D eigenvalue weighted by atomic mass is 16.5. The molecule has 1 heterocycles. The Morgan fingerprint density at radius 3 is 2.64 bits per heavy atom. The molecule has 0 spiro atoms. The van der Waals surface area contributed by atoms with Crippen LogP contribution in [0.1, 0.15) is 20.3 Å². The summed E-state index contributed by atoms with van der Waals surface area (Å²) in [5, 5.41) is 2.95. The van der Waals surface area contributed by atoms with E-state index in [-0.39, 0.29) is 6.03 Å². The highest BCUT2D eigenvalue weighted by Gasteiger charge is 2.30. The van der Waals surface area contributed by atoms with Crippen LogP contribution in [0, 0.1) is 5.92 Å². The molecule has 1 aliphatic rings. The van der Waals surface area contributed by atoms with Crippen LogP contribution in [-0.2, 0) is 0 Å². The molecule has 1 saturated heterocycles. The Labute approximate surface area is 133 Å². The monoisotopic (exact) mass is 305 g/mol. The summed E-state index contributed by atoms with van der Waals surface area (Å²) in [6, 6.07) is 7.64. The van der Waals surface area contributed by atoms with Crippen molar-refractivity contribution < 1.29 is 9.53 Å². The maximum Gasteiger partial charge on any atom is 0.321 e. The van der Waals surface area contributed by atoms with Gasteiger partial charge in [-0.15, -0.1) is 0 Å². The lowest BCUT2D eigenvalue weighted by atomic mass is 9.93. The number of nitrogens with one attached hydrogen (secondary N) is 1. The fourth-order valence-electron chi connectivity index (χ4n) is 3.12. The lowest BCUT2D eigenvalue weighted by Crippen LogP contribution is -2.51. The third-order valence-electron chi connectivity index (χ3n) is 4.55. The van der Waals surface area contributed by atoms with Crippen molar-refractivity contribution in [1.82, 2.24) is 9.80 Å². The van der Waals surface area contributed by atoms with E-state index in [1.54, 1.807) is 7.11 Å². The molecule has 0 aliphatic carbocycles. The van der Waals surface area contributed by atoms with Crippen LogP contribution in [0.15, 0.2) is 24.3 Å². The maximum absolute atomic E-state index is 12.4. The van der Waals surface area contributed by atoms with Crippen molar-refractivity contribution in [3.8, 4) is 5.75 Å². The molecule has 1 N–H and O–H groups in total. The van der Waals surface area contributed by atoms with Gasteiger partial charge in [-0.3, -0.25) is 0 Å². The number of anilines is 1. The Morgan fingerprint density at radius 1 is 1.41 bits per heavy atom. The number of ether oxygens (including phenoxy) is 1. The van der Waals surface area contributed by atoms with Gasteiger partial charge >= 0.3 is 6.03 Å². The van der Waals surface area contributed by atoms with E-state index in [0.29, 0.717) is 12.0 Å². The van der Waals surface area contributed by atoms with Gasteiger partial charge in [0, 0.05) is 31.9 Å². The molecule has 0 bridgehead atoms. The van der Waals surface area contributed by atoms with Crippen LogP contribution in [0.5, 0.6) is 5.75 Å². The van der Waals surface area contributed by atoms with Crippen LogP contribution in [0.25, 0.3) is 0 Å². The van der Waals surface area contributed by atoms with Crippen molar-refractivity contribution in [3.63, 3.8) is 0 Å². The molecule has 0 unspecified atom stereocenters. The molecule has 0 radical (unpaired) electrons. The van der Waals surface area contributed by atoms with Crippen molar-refractivity contribution >= 4 is 11.7 Å². The van der Waals surface area contributed by atoms with Crippen LogP contribution in [0.2, 0.25) is 0 Å². The van der Waals surface area contributed by atoms with E-state index in [9.17, 15) is 4.79 Å². The smallest absolute Gasteiger partial charge is 0.321 e. The molecular weight excluding hydrogens is 278 g/mol. The number of urea groups is 1. The second kappa shape index (κ2) is 7.49. The van der Waals surface area contributed by atoms with Gasteiger partial charge in [0.2, 0.25) is 0 Å². The molecule has 1 aromatic carbocycles. The van der Waals surface area contributed by atoms with Crippen molar-refractivity contribution in [2.24, 2.45) is 5.92 Å². The largest absolute Gasteiger partial charge is 0.497 e. The summed E-state index contributed by atoms with van der Waals surface area (Å²) in [6.07, 6.45) is 1.03. The first-order chi connectivity index (χ1) is 10.5. The van der Waals surface area contributed by atoms with E-state index < -0.39 is 0 Å². The molecule has 2 amide bonds. The Hall–Kier alpha value is -1.75. The van der Waals surface area contributed by atoms with Crippen molar-refractivity contribution in [2.75, 3.05) is 39.1 Å². The van der Waals surface area contributed by atoms with E-state index in [0.717, 1.165) is 37.5 Å². The topological polar surface area (TPSA) is 44.8 Å². The Morgan fingerprint density at radius 2 is 2.09 bits per heavy atom. The number of piperidine rings is 1. The number of benzene rings is 1. The molecule has 2 atom stereocenters. The van der Waals surface area contributed by atoms with Crippen molar-refractivity contribution in [2.45, 2.75) is 26.3 Å². The minimum absolute atomic E-state index is 0.0491. The van der Waals surface area contributed by atoms with E-state index >= 15 is 0 Å². The number of nitrogens with zero attached hydrogens (tertiary/aromatic N) is 2. The minimum Gasteiger partial charge on any atom is -0.497 e. The van der Waals surface area contributed by atoms with Gasteiger partial charge in [0.1, 0.15) is 5.75 Å². The van der Waals surface area contributed by atoms with Crippen molar-refractivity contribution in [1.29, 1.82) is 0 Å². The lowest BCUT2D eigenvalue weighted by molar-refractivity contribution is 0.101. The van der Waals surface area contributed by atoms with Crippen LogP contribution in [0.3, 0.4) is 0 Å². The Bertz CT molecular complexity index is 489. The minimum atomic E-state index is -0.0491. The maximum atomic E-state index is 12.4. The van der Waals surface area contributed by atoms with Crippen molar-refractivity contribution in [3.05, 3.63) is 24.3 Å². The van der Waals surface area contributed by atoms with Gasteiger partial charge in [-0.25, -0.2) is 4.79 Å². The van der Waals surface area contributed by atoms with Crippen LogP contribution < -0.4 is 10.1 Å². The van der Waals surface area contributed by atoms with Gasteiger partial charge in [-0.05, 0) is 43.1 Å². The lowest BCUT2D eigenvalue weighted by Gasteiger charge is -2.40. The Balaban J connectivity index is 1.93. The van der Waals surface area contributed by atoms with E-state index in [1.165, 1.54) is 0 Å².